The number of nitrogens with one attached hydrogen (secondary N) is 1. The highest BCUT2D eigenvalue weighted by Gasteiger charge is 2.44. The molecule has 6 heteroatoms. The Bertz CT molecular complexity index is 906. The van der Waals surface area contributed by atoms with Crippen LogP contribution in [0.3, 0.4) is 0 Å². The molecule has 27 heavy (non-hydrogen) atoms. The van der Waals surface area contributed by atoms with Crippen LogP contribution < -0.4 is 15.0 Å². The Kier molecular flexibility index (Phi) is 4.74. The maximum Gasteiger partial charge on any atom is 0.271 e. The molecular weight excluding hydrogens is 344 g/mol. The largest absolute Gasteiger partial charge is 0.476 e. The van der Waals surface area contributed by atoms with Crippen molar-refractivity contribution in [2.45, 2.75) is 39.3 Å². The smallest absolute Gasteiger partial charge is 0.271 e. The van der Waals surface area contributed by atoms with Gasteiger partial charge in [0.2, 0.25) is 5.91 Å². The first-order chi connectivity index (χ1) is 12.7. The summed E-state index contributed by atoms with van der Waals surface area (Å²) < 4.78 is 5.81. The molecule has 0 radical (unpaired) electrons. The molecule has 140 valence electrons. The van der Waals surface area contributed by atoms with Gasteiger partial charge in [-0.25, -0.2) is 0 Å². The highest BCUT2D eigenvalue weighted by molar-refractivity contribution is 6.10. The van der Waals surface area contributed by atoms with Gasteiger partial charge >= 0.3 is 0 Å². The molecule has 6 nitrogen and oxygen atoms in total. The summed E-state index contributed by atoms with van der Waals surface area (Å²) in [5, 5.41) is 2.81. The van der Waals surface area contributed by atoms with Crippen LogP contribution in [0.15, 0.2) is 48.5 Å². The number of carbonyl (C=O) groups excluding carboxylic acids is 3. The summed E-state index contributed by atoms with van der Waals surface area (Å²) in [4.78, 5) is 39.0. The molecule has 1 N–H and O–H groups in total. The number of ketones is 1. The Morgan fingerprint density at radius 2 is 1.78 bits per heavy atom. The van der Waals surface area contributed by atoms with E-state index in [1.165, 1.54) is 11.8 Å². The van der Waals surface area contributed by atoms with Gasteiger partial charge < -0.3 is 10.1 Å². The lowest BCUT2D eigenvalue weighted by Crippen LogP contribution is -2.57. The molecule has 1 atom stereocenters. The second-order valence-corrected chi connectivity index (χ2v) is 7.06. The quantitative estimate of drug-likeness (QED) is 0.841. The van der Waals surface area contributed by atoms with Crippen molar-refractivity contribution < 1.29 is 19.1 Å². The number of Topliss-reactive ketones (excluding diaryl/α,β-unsaturated/α-hetero) is 1. The molecule has 2 amide bonds. The van der Waals surface area contributed by atoms with E-state index >= 15 is 0 Å². The topological polar surface area (TPSA) is 75.7 Å². The van der Waals surface area contributed by atoms with Gasteiger partial charge in [0.05, 0.1) is 5.69 Å². The zero-order valence-electron chi connectivity index (χ0n) is 15.8. The molecule has 1 unspecified atom stereocenters. The van der Waals surface area contributed by atoms with Crippen molar-refractivity contribution in [3.8, 4) is 5.75 Å². The standard InChI is InChI=1S/C21H22N2O4/c1-13(19(25)22-16-8-6-5-7-9-16)23-17-12-15(14(2)24)10-11-18(17)27-21(3,4)20(23)26/h5-13H,1-4H3,(H,22,25). The maximum absolute atomic E-state index is 13.0. The number of para-hydroxylation sites is 1. The van der Waals surface area contributed by atoms with E-state index in [0.717, 1.165) is 0 Å². The summed E-state index contributed by atoms with van der Waals surface area (Å²) in [6.45, 7) is 6.42. The van der Waals surface area contributed by atoms with Crippen LogP contribution in [0.25, 0.3) is 0 Å². The number of fused-ring (bicyclic) bond motifs is 1. The van der Waals surface area contributed by atoms with Crippen molar-refractivity contribution >= 4 is 29.0 Å². The predicted octanol–water partition coefficient (Wildman–Crippen LogP) is 3.42. The molecule has 1 aliphatic heterocycles. The number of anilines is 2. The van der Waals surface area contributed by atoms with Crippen LogP contribution in [0, 0.1) is 0 Å². The molecular formula is C21H22N2O4. The van der Waals surface area contributed by atoms with Gasteiger partial charge in [0.1, 0.15) is 11.8 Å². The number of hydrogen-bond acceptors (Lipinski definition) is 4. The molecule has 0 spiro atoms. The summed E-state index contributed by atoms with van der Waals surface area (Å²) in [6, 6.07) is 13.2. The van der Waals surface area contributed by atoms with Crippen LogP contribution in [-0.2, 0) is 9.59 Å². The molecule has 0 saturated carbocycles. The Morgan fingerprint density at radius 3 is 2.41 bits per heavy atom. The Balaban J connectivity index is 1.99. The fourth-order valence-corrected chi connectivity index (χ4v) is 3.00. The maximum atomic E-state index is 13.0. The molecule has 0 aromatic heterocycles. The lowest BCUT2D eigenvalue weighted by atomic mass is 10.00. The minimum Gasteiger partial charge on any atom is -0.476 e. The van der Waals surface area contributed by atoms with Crippen molar-refractivity contribution in [3.63, 3.8) is 0 Å². The van der Waals surface area contributed by atoms with Crippen LogP contribution in [-0.4, -0.2) is 29.2 Å². The normalized spacial score (nSPS) is 16.1. The number of carbonyl (C=O) groups is 3. The summed E-state index contributed by atoms with van der Waals surface area (Å²) in [5.74, 6) is -0.335. The number of hydrogen-bond donors (Lipinski definition) is 1. The number of nitrogens with zero attached hydrogens (tertiary/aromatic N) is 1. The third kappa shape index (κ3) is 3.56. The molecule has 2 aromatic rings. The zero-order chi connectivity index (χ0) is 19.8. The second-order valence-electron chi connectivity index (χ2n) is 7.06. The Labute approximate surface area is 158 Å². The van der Waals surface area contributed by atoms with E-state index in [1.54, 1.807) is 51.1 Å². The molecule has 1 aliphatic rings. The molecule has 0 fully saturated rings. The van der Waals surface area contributed by atoms with E-state index in [0.29, 0.717) is 22.7 Å². The molecule has 0 aliphatic carbocycles. The second kappa shape index (κ2) is 6.87. The van der Waals surface area contributed by atoms with Crippen molar-refractivity contribution in [2.24, 2.45) is 0 Å². The van der Waals surface area contributed by atoms with Gasteiger partial charge in [-0.2, -0.15) is 0 Å². The van der Waals surface area contributed by atoms with E-state index in [4.69, 9.17) is 4.74 Å². The SMILES string of the molecule is CC(=O)c1ccc2c(c1)N(C(C)C(=O)Nc1ccccc1)C(=O)C(C)(C)O2. The molecule has 0 saturated heterocycles. The van der Waals surface area contributed by atoms with Crippen LogP contribution in [0.4, 0.5) is 11.4 Å². The number of rotatable bonds is 4. The van der Waals surface area contributed by atoms with E-state index in [2.05, 4.69) is 5.32 Å². The number of ether oxygens (including phenoxy) is 1. The first-order valence-electron chi connectivity index (χ1n) is 8.74. The third-order valence-corrected chi connectivity index (χ3v) is 4.53. The van der Waals surface area contributed by atoms with E-state index in [9.17, 15) is 14.4 Å². The van der Waals surface area contributed by atoms with Gasteiger partial charge in [0.15, 0.2) is 11.4 Å². The lowest BCUT2D eigenvalue weighted by molar-refractivity contribution is -0.134. The molecule has 2 aromatic carbocycles. The van der Waals surface area contributed by atoms with Crippen LogP contribution in [0.5, 0.6) is 5.75 Å². The van der Waals surface area contributed by atoms with Crippen LogP contribution in [0.2, 0.25) is 0 Å². The van der Waals surface area contributed by atoms with E-state index in [1.807, 2.05) is 18.2 Å². The van der Waals surface area contributed by atoms with E-state index < -0.39 is 11.6 Å². The summed E-state index contributed by atoms with van der Waals surface area (Å²) in [6.07, 6.45) is 0. The minimum atomic E-state index is -1.12. The first-order valence-corrected chi connectivity index (χ1v) is 8.74. The number of amides is 2. The summed E-state index contributed by atoms with van der Waals surface area (Å²) >= 11 is 0. The van der Waals surface area contributed by atoms with E-state index in [-0.39, 0.29) is 17.6 Å². The monoisotopic (exact) mass is 366 g/mol. The predicted molar refractivity (Wildman–Crippen MR) is 103 cm³/mol. The van der Waals surface area contributed by atoms with Gasteiger partial charge in [0, 0.05) is 11.3 Å². The van der Waals surface area contributed by atoms with Gasteiger partial charge in [0.25, 0.3) is 5.91 Å². The average molecular weight is 366 g/mol. The van der Waals surface area contributed by atoms with Gasteiger partial charge in [-0.3, -0.25) is 19.3 Å². The summed E-state index contributed by atoms with van der Waals surface area (Å²) in [7, 11) is 0. The highest BCUT2D eigenvalue weighted by Crippen LogP contribution is 2.39. The molecule has 1 heterocycles. The Morgan fingerprint density at radius 1 is 1.11 bits per heavy atom. The highest BCUT2D eigenvalue weighted by atomic mass is 16.5. The summed E-state index contributed by atoms with van der Waals surface area (Å²) in [5.41, 5.74) is 0.395. The van der Waals surface area contributed by atoms with Crippen LogP contribution >= 0.6 is 0 Å². The fourth-order valence-electron chi connectivity index (χ4n) is 3.00. The minimum absolute atomic E-state index is 0.128. The van der Waals surface area contributed by atoms with Gasteiger partial charge in [-0.1, -0.05) is 18.2 Å². The lowest BCUT2D eigenvalue weighted by Gasteiger charge is -2.41. The average Bonchev–Trinajstić information content (AvgIpc) is 2.62. The third-order valence-electron chi connectivity index (χ3n) is 4.53. The van der Waals surface area contributed by atoms with Gasteiger partial charge in [-0.15, -0.1) is 0 Å². The molecule has 3 rings (SSSR count). The van der Waals surface area contributed by atoms with Crippen molar-refractivity contribution in [1.82, 2.24) is 0 Å². The molecule has 0 bridgehead atoms. The number of benzene rings is 2. The fraction of sp³-hybridized carbons (Fsp3) is 0.286. The van der Waals surface area contributed by atoms with Gasteiger partial charge in [-0.05, 0) is 58.0 Å². The Hall–Kier alpha value is -3.15. The van der Waals surface area contributed by atoms with Crippen molar-refractivity contribution in [1.29, 1.82) is 0 Å². The van der Waals surface area contributed by atoms with Crippen LogP contribution in [0.1, 0.15) is 38.1 Å². The van der Waals surface area contributed by atoms with Crippen molar-refractivity contribution in [2.75, 3.05) is 10.2 Å². The first kappa shape index (κ1) is 18.6. The van der Waals surface area contributed by atoms with Crippen molar-refractivity contribution in [3.05, 3.63) is 54.1 Å². The zero-order valence-corrected chi connectivity index (χ0v) is 15.8.